The molecular formula is C19H24N4O3. The third-order valence-electron chi connectivity index (χ3n) is 5.04. The van der Waals surface area contributed by atoms with Crippen molar-refractivity contribution in [2.45, 2.75) is 45.4 Å². The lowest BCUT2D eigenvalue weighted by Crippen LogP contribution is -2.34. The van der Waals surface area contributed by atoms with Crippen molar-refractivity contribution in [3.05, 3.63) is 23.8 Å². The predicted molar refractivity (Wildman–Crippen MR) is 99.8 cm³/mol. The van der Waals surface area contributed by atoms with Gasteiger partial charge >= 0.3 is 0 Å². The second-order valence-corrected chi connectivity index (χ2v) is 6.87. The van der Waals surface area contributed by atoms with Crippen LogP contribution in [0.3, 0.4) is 0 Å². The van der Waals surface area contributed by atoms with E-state index in [1.807, 2.05) is 13.0 Å². The number of hydrazone groups is 1. The van der Waals surface area contributed by atoms with Gasteiger partial charge in [0.25, 0.3) is 5.91 Å². The highest BCUT2D eigenvalue weighted by Gasteiger charge is 2.24. The Kier molecular flexibility index (Phi) is 5.35. The van der Waals surface area contributed by atoms with E-state index in [9.17, 15) is 14.4 Å². The van der Waals surface area contributed by atoms with Gasteiger partial charge in [-0.05, 0) is 37.5 Å². The number of hydrogen-bond acceptors (Lipinski definition) is 4. The van der Waals surface area contributed by atoms with Gasteiger partial charge in [0.1, 0.15) is 5.71 Å². The van der Waals surface area contributed by atoms with Gasteiger partial charge in [-0.2, -0.15) is 5.10 Å². The van der Waals surface area contributed by atoms with Crippen LogP contribution in [0.2, 0.25) is 0 Å². The second kappa shape index (κ2) is 7.68. The molecule has 138 valence electrons. The van der Waals surface area contributed by atoms with E-state index in [2.05, 4.69) is 15.7 Å². The Hall–Kier alpha value is -2.70. The molecule has 0 radical (unpaired) electrons. The molecule has 0 atom stereocenters. The third-order valence-corrected chi connectivity index (χ3v) is 5.04. The molecule has 0 spiro atoms. The number of carbonyl (C=O) groups excluding carboxylic acids is 3. The molecule has 1 aliphatic heterocycles. The minimum atomic E-state index is -0.327. The van der Waals surface area contributed by atoms with Crippen molar-refractivity contribution in [3.8, 4) is 0 Å². The van der Waals surface area contributed by atoms with Gasteiger partial charge < -0.3 is 10.6 Å². The van der Waals surface area contributed by atoms with E-state index in [0.717, 1.165) is 31.2 Å². The van der Waals surface area contributed by atoms with Gasteiger partial charge in [-0.1, -0.05) is 18.9 Å². The van der Waals surface area contributed by atoms with Crippen LogP contribution in [0.4, 0.5) is 11.4 Å². The van der Waals surface area contributed by atoms with Crippen LogP contribution >= 0.6 is 0 Å². The van der Waals surface area contributed by atoms with Crippen LogP contribution in [-0.2, 0) is 14.4 Å². The normalized spacial score (nSPS) is 17.8. The second-order valence-electron chi connectivity index (χ2n) is 6.87. The average Bonchev–Trinajstić information content (AvgIpc) is 3.15. The number of carbonyl (C=O) groups is 3. The van der Waals surface area contributed by atoms with E-state index >= 15 is 0 Å². The Balaban J connectivity index is 1.70. The number of nitrogens with one attached hydrogen (secondary N) is 2. The fourth-order valence-electron chi connectivity index (χ4n) is 3.36. The summed E-state index contributed by atoms with van der Waals surface area (Å²) in [6, 6.07) is 5.42. The molecule has 2 N–H and O–H groups in total. The van der Waals surface area contributed by atoms with E-state index in [1.165, 1.54) is 5.01 Å². The first kappa shape index (κ1) is 18.1. The Bertz CT molecular complexity index is 766. The standard InChI is InChI=1S/C19H24N4O3/c1-12-14(20-18(25)13-6-3-4-7-13)8-5-9-15(12)21-19(26)16-10-11-17(24)23(2)22-16/h5,8-9,13H,3-4,6-7,10-11H2,1-2H3,(H,20,25)(H,21,26). The van der Waals surface area contributed by atoms with Crippen molar-refractivity contribution in [3.63, 3.8) is 0 Å². The number of anilines is 2. The van der Waals surface area contributed by atoms with E-state index < -0.39 is 0 Å². The number of nitrogens with zero attached hydrogens (tertiary/aromatic N) is 2. The lowest BCUT2D eigenvalue weighted by atomic mass is 10.1. The van der Waals surface area contributed by atoms with Crippen molar-refractivity contribution in [1.29, 1.82) is 0 Å². The monoisotopic (exact) mass is 356 g/mol. The highest BCUT2D eigenvalue weighted by atomic mass is 16.2. The van der Waals surface area contributed by atoms with Crippen molar-refractivity contribution in [1.82, 2.24) is 5.01 Å². The van der Waals surface area contributed by atoms with Gasteiger partial charge in [0, 0.05) is 37.2 Å². The molecule has 1 aromatic rings. The van der Waals surface area contributed by atoms with Crippen molar-refractivity contribution in [2.75, 3.05) is 17.7 Å². The van der Waals surface area contributed by atoms with Gasteiger partial charge in [-0.15, -0.1) is 0 Å². The number of rotatable bonds is 4. The van der Waals surface area contributed by atoms with Crippen molar-refractivity contribution in [2.24, 2.45) is 11.0 Å². The first-order valence-corrected chi connectivity index (χ1v) is 9.01. The first-order valence-electron chi connectivity index (χ1n) is 9.01. The van der Waals surface area contributed by atoms with Gasteiger partial charge in [0.05, 0.1) is 0 Å². The van der Waals surface area contributed by atoms with Crippen LogP contribution < -0.4 is 10.6 Å². The van der Waals surface area contributed by atoms with E-state index in [-0.39, 0.29) is 30.1 Å². The predicted octanol–water partition coefficient (Wildman–Crippen LogP) is 2.67. The van der Waals surface area contributed by atoms with Gasteiger partial charge in [-0.3, -0.25) is 14.4 Å². The molecule has 3 amide bonds. The molecule has 0 unspecified atom stereocenters. The zero-order chi connectivity index (χ0) is 18.7. The number of hydrogen-bond donors (Lipinski definition) is 2. The van der Waals surface area contributed by atoms with Crippen LogP contribution in [-0.4, -0.2) is 35.5 Å². The highest BCUT2D eigenvalue weighted by Crippen LogP contribution is 2.28. The van der Waals surface area contributed by atoms with Crippen LogP contribution in [0, 0.1) is 12.8 Å². The zero-order valence-corrected chi connectivity index (χ0v) is 15.2. The molecule has 26 heavy (non-hydrogen) atoms. The van der Waals surface area contributed by atoms with Gasteiger partial charge in [0.15, 0.2) is 0 Å². The molecule has 0 aromatic heterocycles. The number of benzene rings is 1. The summed E-state index contributed by atoms with van der Waals surface area (Å²) in [5, 5.41) is 11.1. The molecule has 1 fully saturated rings. The Labute approximate surface area is 152 Å². The first-order chi connectivity index (χ1) is 12.5. The summed E-state index contributed by atoms with van der Waals surface area (Å²) in [7, 11) is 1.54. The molecule has 3 rings (SSSR count). The maximum atomic E-state index is 12.4. The lowest BCUT2D eigenvalue weighted by molar-refractivity contribution is -0.130. The Morgan fingerprint density at radius 2 is 1.77 bits per heavy atom. The van der Waals surface area contributed by atoms with Crippen LogP contribution in [0.5, 0.6) is 0 Å². The molecular weight excluding hydrogens is 332 g/mol. The molecule has 7 heteroatoms. The van der Waals surface area contributed by atoms with Crippen LogP contribution in [0.15, 0.2) is 23.3 Å². The zero-order valence-electron chi connectivity index (χ0n) is 15.2. The third kappa shape index (κ3) is 3.92. The lowest BCUT2D eigenvalue weighted by Gasteiger charge is -2.20. The topological polar surface area (TPSA) is 90.9 Å². The summed E-state index contributed by atoms with van der Waals surface area (Å²) < 4.78 is 0. The molecule has 1 saturated carbocycles. The van der Waals surface area contributed by atoms with E-state index in [4.69, 9.17) is 0 Å². The molecule has 2 aliphatic rings. The number of amides is 3. The van der Waals surface area contributed by atoms with Gasteiger partial charge in [0.2, 0.25) is 11.8 Å². The van der Waals surface area contributed by atoms with Gasteiger partial charge in [-0.25, -0.2) is 5.01 Å². The molecule has 7 nitrogen and oxygen atoms in total. The fourth-order valence-corrected chi connectivity index (χ4v) is 3.36. The summed E-state index contributed by atoms with van der Waals surface area (Å²) in [4.78, 5) is 36.3. The van der Waals surface area contributed by atoms with Crippen LogP contribution in [0.25, 0.3) is 0 Å². The van der Waals surface area contributed by atoms with E-state index in [1.54, 1.807) is 19.2 Å². The average molecular weight is 356 g/mol. The summed E-state index contributed by atoms with van der Waals surface area (Å²) in [5.41, 5.74) is 2.46. The minimum absolute atomic E-state index is 0.0471. The quantitative estimate of drug-likeness (QED) is 0.869. The Morgan fingerprint density at radius 1 is 1.12 bits per heavy atom. The highest BCUT2D eigenvalue weighted by molar-refractivity contribution is 6.43. The molecule has 0 saturated heterocycles. The fraction of sp³-hybridized carbons (Fsp3) is 0.474. The molecule has 1 aromatic carbocycles. The van der Waals surface area contributed by atoms with Crippen molar-refractivity contribution >= 4 is 34.8 Å². The smallest absolute Gasteiger partial charge is 0.271 e. The maximum Gasteiger partial charge on any atom is 0.271 e. The summed E-state index contributed by atoms with van der Waals surface area (Å²) in [5.74, 6) is -0.302. The van der Waals surface area contributed by atoms with E-state index in [0.29, 0.717) is 23.5 Å². The SMILES string of the molecule is Cc1c(NC(=O)C2=NN(C)C(=O)CC2)cccc1NC(=O)C1CCCC1. The summed E-state index contributed by atoms with van der Waals surface area (Å²) >= 11 is 0. The van der Waals surface area contributed by atoms with Crippen molar-refractivity contribution < 1.29 is 14.4 Å². The maximum absolute atomic E-state index is 12.4. The molecule has 0 bridgehead atoms. The summed E-state index contributed by atoms with van der Waals surface area (Å²) in [6.45, 7) is 1.86. The largest absolute Gasteiger partial charge is 0.326 e. The minimum Gasteiger partial charge on any atom is -0.326 e. The van der Waals surface area contributed by atoms with Crippen LogP contribution in [0.1, 0.15) is 44.1 Å². The molecule has 1 aliphatic carbocycles. The Morgan fingerprint density at radius 3 is 2.42 bits per heavy atom. The molecule has 1 heterocycles. The summed E-state index contributed by atoms with van der Waals surface area (Å²) in [6.07, 6.45) is 4.69.